The van der Waals surface area contributed by atoms with Gasteiger partial charge in [0.25, 0.3) is 3.79 Å². The molecule has 4 nitrogen and oxygen atoms in total. The van der Waals surface area contributed by atoms with Crippen molar-refractivity contribution < 1.29 is 14.2 Å². The van der Waals surface area contributed by atoms with E-state index < -0.39 is 22.1 Å². The summed E-state index contributed by atoms with van der Waals surface area (Å²) in [6.45, 7) is 1.78. The minimum absolute atomic E-state index is 0.289. The van der Waals surface area contributed by atoms with Gasteiger partial charge in [-0.25, -0.2) is 0 Å². The van der Waals surface area contributed by atoms with E-state index in [-0.39, 0.29) is 6.10 Å². The molecule has 0 aromatic rings. The van der Waals surface area contributed by atoms with E-state index in [1.807, 2.05) is 0 Å². The standard InChI is InChI=1S/C9H12Cl3NO3/c1-5-6(3-4-7(14-2)15-5)16-8(13)9(10,11)12/h3-7,13H,1-2H3/t5-,6+,7+/m0/s1. The Bertz CT molecular complexity index is 290. The lowest BCUT2D eigenvalue weighted by Gasteiger charge is -2.30. The molecular formula is C9H12Cl3NO3. The van der Waals surface area contributed by atoms with Crippen molar-refractivity contribution >= 4 is 40.7 Å². The number of hydrogen-bond donors (Lipinski definition) is 1. The van der Waals surface area contributed by atoms with Crippen LogP contribution >= 0.6 is 34.8 Å². The normalized spacial score (nSPS) is 30.2. The average molecular weight is 289 g/mol. The van der Waals surface area contributed by atoms with Gasteiger partial charge in [0, 0.05) is 7.11 Å². The van der Waals surface area contributed by atoms with Crippen LogP contribution in [-0.2, 0) is 14.2 Å². The van der Waals surface area contributed by atoms with Gasteiger partial charge in [0.2, 0.25) is 5.90 Å². The first-order valence-corrected chi connectivity index (χ1v) is 5.67. The zero-order valence-electron chi connectivity index (χ0n) is 8.75. The van der Waals surface area contributed by atoms with E-state index in [1.54, 1.807) is 19.1 Å². The van der Waals surface area contributed by atoms with Gasteiger partial charge in [-0.3, -0.25) is 5.41 Å². The second-order valence-electron chi connectivity index (χ2n) is 3.24. The Labute approximate surface area is 109 Å². The van der Waals surface area contributed by atoms with Crippen LogP contribution < -0.4 is 0 Å². The highest BCUT2D eigenvalue weighted by Gasteiger charge is 2.33. The first kappa shape index (κ1) is 14.1. The summed E-state index contributed by atoms with van der Waals surface area (Å²) >= 11 is 16.5. The van der Waals surface area contributed by atoms with Crippen LogP contribution in [0.3, 0.4) is 0 Å². The summed E-state index contributed by atoms with van der Waals surface area (Å²) in [6, 6.07) is 0. The summed E-state index contributed by atoms with van der Waals surface area (Å²) in [5, 5.41) is 7.42. The summed E-state index contributed by atoms with van der Waals surface area (Å²) in [5.74, 6) is -0.432. The summed E-state index contributed by atoms with van der Waals surface area (Å²) in [6.07, 6.45) is 2.23. The lowest BCUT2D eigenvalue weighted by molar-refractivity contribution is -0.149. The predicted octanol–water partition coefficient (Wildman–Crippen LogP) is 2.67. The van der Waals surface area contributed by atoms with Crippen molar-refractivity contribution in [1.82, 2.24) is 0 Å². The molecule has 92 valence electrons. The summed E-state index contributed by atoms with van der Waals surface area (Å²) in [4.78, 5) is 0. The lowest BCUT2D eigenvalue weighted by Crippen LogP contribution is -2.38. The smallest absolute Gasteiger partial charge is 0.265 e. The van der Waals surface area contributed by atoms with Crippen LogP contribution in [0.5, 0.6) is 0 Å². The SMILES string of the molecule is CO[C@H]1C=C[C@@H](OC(=N)C(Cl)(Cl)Cl)[C@H](C)O1. The van der Waals surface area contributed by atoms with Crippen molar-refractivity contribution in [2.24, 2.45) is 0 Å². The van der Waals surface area contributed by atoms with E-state index >= 15 is 0 Å². The van der Waals surface area contributed by atoms with Gasteiger partial charge in [-0.05, 0) is 19.1 Å². The van der Waals surface area contributed by atoms with Crippen molar-refractivity contribution in [2.75, 3.05) is 7.11 Å². The van der Waals surface area contributed by atoms with Crippen molar-refractivity contribution in [1.29, 1.82) is 5.41 Å². The molecular weight excluding hydrogens is 276 g/mol. The number of methoxy groups -OCH3 is 1. The van der Waals surface area contributed by atoms with E-state index in [1.165, 1.54) is 7.11 Å². The number of ether oxygens (including phenoxy) is 3. The van der Waals surface area contributed by atoms with Crippen LogP contribution in [0.15, 0.2) is 12.2 Å². The fourth-order valence-corrected chi connectivity index (χ4v) is 1.30. The topological polar surface area (TPSA) is 51.5 Å². The molecule has 7 heteroatoms. The van der Waals surface area contributed by atoms with Gasteiger partial charge in [-0.15, -0.1) is 0 Å². The largest absolute Gasteiger partial charge is 0.468 e. The highest BCUT2D eigenvalue weighted by molar-refractivity contribution is 6.76. The molecule has 3 atom stereocenters. The number of hydrogen-bond acceptors (Lipinski definition) is 4. The molecule has 0 amide bonds. The molecule has 0 bridgehead atoms. The maximum absolute atomic E-state index is 7.42. The Balaban J connectivity index is 2.59. The second kappa shape index (κ2) is 5.56. The molecule has 1 aliphatic rings. The molecule has 0 aromatic carbocycles. The van der Waals surface area contributed by atoms with E-state index in [0.717, 1.165) is 0 Å². The van der Waals surface area contributed by atoms with E-state index in [0.29, 0.717) is 0 Å². The molecule has 0 saturated heterocycles. The Kier molecular flexibility index (Phi) is 4.88. The van der Waals surface area contributed by atoms with Crippen LogP contribution in [0.25, 0.3) is 0 Å². The molecule has 0 saturated carbocycles. The minimum atomic E-state index is -1.86. The minimum Gasteiger partial charge on any atom is -0.468 e. The van der Waals surface area contributed by atoms with Crippen LogP contribution in [0, 0.1) is 5.41 Å². The Morgan fingerprint density at radius 3 is 2.44 bits per heavy atom. The Morgan fingerprint density at radius 2 is 2.00 bits per heavy atom. The first-order valence-electron chi connectivity index (χ1n) is 4.53. The molecule has 1 rings (SSSR count). The number of nitrogens with one attached hydrogen (secondary N) is 1. The van der Waals surface area contributed by atoms with E-state index in [2.05, 4.69) is 0 Å². The predicted molar refractivity (Wildman–Crippen MR) is 63.4 cm³/mol. The summed E-state index contributed by atoms with van der Waals surface area (Å²) < 4.78 is 13.7. The van der Waals surface area contributed by atoms with Gasteiger partial charge >= 0.3 is 0 Å². The fourth-order valence-electron chi connectivity index (χ4n) is 1.16. The molecule has 1 heterocycles. The molecule has 1 aliphatic heterocycles. The molecule has 0 unspecified atom stereocenters. The molecule has 0 aromatic heterocycles. The number of halogens is 3. The van der Waals surface area contributed by atoms with Gasteiger partial charge in [-0.1, -0.05) is 34.8 Å². The van der Waals surface area contributed by atoms with Crippen LogP contribution in [-0.4, -0.2) is 35.3 Å². The molecule has 16 heavy (non-hydrogen) atoms. The van der Waals surface area contributed by atoms with Crippen LogP contribution in [0.4, 0.5) is 0 Å². The van der Waals surface area contributed by atoms with Crippen molar-refractivity contribution in [3.63, 3.8) is 0 Å². The van der Waals surface area contributed by atoms with Gasteiger partial charge in [0.05, 0.1) is 6.10 Å². The molecule has 0 fully saturated rings. The van der Waals surface area contributed by atoms with Gasteiger partial charge in [-0.2, -0.15) is 0 Å². The third-order valence-electron chi connectivity index (χ3n) is 2.01. The van der Waals surface area contributed by atoms with Crippen molar-refractivity contribution in [3.8, 4) is 0 Å². The molecule has 0 aliphatic carbocycles. The van der Waals surface area contributed by atoms with Gasteiger partial charge in [0.1, 0.15) is 6.10 Å². The third-order valence-corrected chi connectivity index (χ3v) is 2.53. The van der Waals surface area contributed by atoms with Gasteiger partial charge in [0.15, 0.2) is 6.29 Å². The highest BCUT2D eigenvalue weighted by atomic mass is 35.6. The monoisotopic (exact) mass is 287 g/mol. The molecule has 0 spiro atoms. The fraction of sp³-hybridized carbons (Fsp3) is 0.667. The second-order valence-corrected chi connectivity index (χ2v) is 5.52. The maximum atomic E-state index is 7.42. The van der Waals surface area contributed by atoms with E-state index in [9.17, 15) is 0 Å². The third kappa shape index (κ3) is 3.79. The first-order chi connectivity index (χ1) is 7.34. The van der Waals surface area contributed by atoms with Crippen LogP contribution in [0.1, 0.15) is 6.92 Å². The number of rotatable bonds is 2. The zero-order valence-corrected chi connectivity index (χ0v) is 11.0. The lowest BCUT2D eigenvalue weighted by atomic mass is 10.1. The molecule has 0 radical (unpaired) electrons. The maximum Gasteiger partial charge on any atom is 0.265 e. The Hall–Kier alpha value is -0.0000000000000000763. The van der Waals surface area contributed by atoms with E-state index in [4.69, 9.17) is 54.4 Å². The summed E-state index contributed by atoms with van der Waals surface area (Å²) in [5.41, 5.74) is 0. The quantitative estimate of drug-likeness (QED) is 0.368. The number of alkyl halides is 3. The average Bonchev–Trinajstić information content (AvgIpc) is 2.19. The van der Waals surface area contributed by atoms with Crippen LogP contribution in [0.2, 0.25) is 0 Å². The van der Waals surface area contributed by atoms with Crippen molar-refractivity contribution in [2.45, 2.75) is 29.2 Å². The highest BCUT2D eigenvalue weighted by Crippen LogP contribution is 2.29. The Morgan fingerprint density at radius 1 is 1.38 bits per heavy atom. The van der Waals surface area contributed by atoms with Crippen molar-refractivity contribution in [3.05, 3.63) is 12.2 Å². The summed E-state index contributed by atoms with van der Waals surface area (Å²) in [7, 11) is 1.53. The van der Waals surface area contributed by atoms with Gasteiger partial charge < -0.3 is 14.2 Å². The zero-order chi connectivity index (χ0) is 12.3. The molecule has 1 N–H and O–H groups in total.